The summed E-state index contributed by atoms with van der Waals surface area (Å²) in [5.41, 5.74) is 3.41. The first-order chi connectivity index (χ1) is 16.2. The van der Waals surface area contributed by atoms with E-state index in [1.54, 1.807) is 32.4 Å². The summed E-state index contributed by atoms with van der Waals surface area (Å²) in [7, 11) is 3.24. The highest BCUT2D eigenvalue weighted by Crippen LogP contribution is 2.41. The maximum Gasteiger partial charge on any atom is 0.219 e. The molecule has 0 aliphatic heterocycles. The first-order valence-electron chi connectivity index (χ1n) is 10.3. The summed E-state index contributed by atoms with van der Waals surface area (Å²) in [6, 6.07) is 10.8. The molecule has 9 nitrogen and oxygen atoms in total. The third kappa shape index (κ3) is 4.17. The summed E-state index contributed by atoms with van der Waals surface area (Å²) < 4.78 is 25.7. The van der Waals surface area contributed by atoms with Crippen molar-refractivity contribution in [3.63, 3.8) is 0 Å². The molecule has 2 heterocycles. The van der Waals surface area contributed by atoms with Crippen LogP contribution < -0.4 is 18.9 Å². The van der Waals surface area contributed by atoms with Crippen molar-refractivity contribution in [2.24, 2.45) is 5.18 Å². The van der Waals surface area contributed by atoms with E-state index < -0.39 is 0 Å². The van der Waals surface area contributed by atoms with Crippen LogP contribution >= 0.6 is 11.9 Å². The summed E-state index contributed by atoms with van der Waals surface area (Å²) >= 11 is 1.41. The number of fused-ring (bicyclic) bond motifs is 2. The lowest BCUT2D eigenvalue weighted by Crippen LogP contribution is -1.95. The van der Waals surface area contributed by atoms with Gasteiger partial charge in [0.05, 0.1) is 25.3 Å². The van der Waals surface area contributed by atoms with E-state index in [2.05, 4.69) is 32.2 Å². The Kier molecular flexibility index (Phi) is 5.74. The molecule has 0 saturated carbocycles. The smallest absolute Gasteiger partial charge is 0.219 e. The fourth-order valence-electron chi connectivity index (χ4n) is 3.83. The van der Waals surface area contributed by atoms with E-state index in [4.69, 9.17) is 18.7 Å². The maximum atomic E-state index is 10.6. The number of nitroso groups, excluding NO2 is 1. The van der Waals surface area contributed by atoms with Gasteiger partial charge in [0.1, 0.15) is 28.3 Å². The first kappa shape index (κ1) is 21.1. The largest absolute Gasteiger partial charge is 0.496 e. The van der Waals surface area contributed by atoms with E-state index in [0.29, 0.717) is 34.2 Å². The Balaban J connectivity index is 1.40. The van der Waals surface area contributed by atoms with Gasteiger partial charge in [-0.2, -0.15) is 0 Å². The topological polar surface area (TPSA) is 108 Å². The van der Waals surface area contributed by atoms with E-state index in [9.17, 15) is 4.91 Å². The fraction of sp³-hybridized carbons (Fsp3) is 0.217. The third-order valence-electron chi connectivity index (χ3n) is 5.42. The van der Waals surface area contributed by atoms with E-state index in [1.807, 2.05) is 0 Å². The highest BCUT2D eigenvalue weighted by molar-refractivity contribution is 8.00. The van der Waals surface area contributed by atoms with E-state index in [0.717, 1.165) is 23.5 Å². The van der Waals surface area contributed by atoms with Gasteiger partial charge >= 0.3 is 0 Å². The average molecular weight is 465 g/mol. The number of rotatable bonds is 8. The molecule has 168 valence electrons. The van der Waals surface area contributed by atoms with Gasteiger partial charge in [-0.05, 0) is 65.7 Å². The summed E-state index contributed by atoms with van der Waals surface area (Å²) in [5.74, 6) is 2.64. The number of pyridine rings is 1. The van der Waals surface area contributed by atoms with Crippen molar-refractivity contribution in [1.29, 1.82) is 0 Å². The summed E-state index contributed by atoms with van der Waals surface area (Å²) in [6.45, 7) is 0. The van der Waals surface area contributed by atoms with E-state index >= 15 is 0 Å². The van der Waals surface area contributed by atoms with Gasteiger partial charge in [-0.15, -0.1) is 4.91 Å². The number of anilines is 1. The Morgan fingerprint density at radius 1 is 1.06 bits per heavy atom. The van der Waals surface area contributed by atoms with Crippen LogP contribution in [-0.4, -0.2) is 24.4 Å². The van der Waals surface area contributed by atoms with Gasteiger partial charge in [-0.25, -0.2) is 4.98 Å². The zero-order valence-electron chi connectivity index (χ0n) is 18.0. The highest BCUT2D eigenvalue weighted by atomic mass is 32.2. The van der Waals surface area contributed by atoms with Crippen LogP contribution in [0.15, 0.2) is 57.2 Å². The molecule has 0 radical (unpaired) electrons. The van der Waals surface area contributed by atoms with Crippen LogP contribution in [0.3, 0.4) is 0 Å². The number of hydrogen-bond acceptors (Lipinski definition) is 10. The van der Waals surface area contributed by atoms with Crippen molar-refractivity contribution in [2.75, 3.05) is 18.9 Å². The zero-order valence-corrected chi connectivity index (χ0v) is 18.8. The molecule has 0 atom stereocenters. The second kappa shape index (κ2) is 8.99. The van der Waals surface area contributed by atoms with Crippen molar-refractivity contribution in [1.82, 2.24) is 10.1 Å². The minimum atomic E-state index is 0.221. The van der Waals surface area contributed by atoms with E-state index in [1.165, 1.54) is 41.8 Å². The summed E-state index contributed by atoms with van der Waals surface area (Å²) in [5, 5.41) is 7.69. The molecule has 0 saturated heterocycles. The van der Waals surface area contributed by atoms with Gasteiger partial charge in [0, 0.05) is 18.2 Å². The monoisotopic (exact) mass is 464 g/mol. The SMILES string of the molecule is COc1cc2c(cc1SNc1noc3cc(Oc4ccc(N=O)cn4)cc(OC)c13)CCC2. The molecule has 0 spiro atoms. The number of aryl methyl sites for hydroxylation is 2. The molecule has 1 aliphatic rings. The quantitative estimate of drug-likeness (QED) is 0.247. The highest BCUT2D eigenvalue weighted by Gasteiger charge is 2.19. The number of benzene rings is 2. The third-order valence-corrected chi connectivity index (χ3v) is 6.25. The van der Waals surface area contributed by atoms with Crippen LogP contribution in [0.1, 0.15) is 17.5 Å². The van der Waals surface area contributed by atoms with Gasteiger partial charge in [0.25, 0.3) is 0 Å². The van der Waals surface area contributed by atoms with Gasteiger partial charge in [0.15, 0.2) is 11.4 Å². The van der Waals surface area contributed by atoms with E-state index in [-0.39, 0.29) is 5.69 Å². The lowest BCUT2D eigenvalue weighted by atomic mass is 10.1. The molecule has 0 unspecified atom stereocenters. The van der Waals surface area contributed by atoms with Crippen LogP contribution in [-0.2, 0) is 12.8 Å². The van der Waals surface area contributed by atoms with Gasteiger partial charge in [-0.3, -0.25) is 0 Å². The number of nitrogens with zero attached hydrogens (tertiary/aromatic N) is 3. The summed E-state index contributed by atoms with van der Waals surface area (Å²) in [4.78, 5) is 15.6. The molecule has 2 aromatic heterocycles. The molecule has 2 aromatic carbocycles. The molecule has 0 fully saturated rings. The van der Waals surface area contributed by atoms with Crippen LogP contribution in [0.5, 0.6) is 23.1 Å². The summed E-state index contributed by atoms with van der Waals surface area (Å²) in [6.07, 6.45) is 4.68. The Bertz CT molecular complexity index is 1320. The number of methoxy groups -OCH3 is 2. The van der Waals surface area contributed by atoms with Crippen LogP contribution in [0.4, 0.5) is 11.5 Å². The van der Waals surface area contributed by atoms with Crippen LogP contribution in [0.2, 0.25) is 0 Å². The standard InChI is InChI=1S/C23H20N4O5S/c1-29-17-8-13-4-3-5-14(13)9-20(17)33-27-23-22-18(30-2)10-16(11-19(22)32-26-23)31-21-7-6-15(25-28)12-24-21/h6-12H,3-5H2,1-2H3,(H,26,27). The number of aromatic nitrogens is 2. The van der Waals surface area contributed by atoms with Crippen molar-refractivity contribution < 1.29 is 18.7 Å². The molecule has 33 heavy (non-hydrogen) atoms. The van der Waals surface area contributed by atoms with Crippen molar-refractivity contribution in [3.8, 4) is 23.1 Å². The molecular formula is C23H20N4O5S. The van der Waals surface area contributed by atoms with Gasteiger partial charge in [0.2, 0.25) is 5.88 Å². The number of nitrogens with one attached hydrogen (secondary N) is 1. The molecular weight excluding hydrogens is 444 g/mol. The zero-order chi connectivity index (χ0) is 22.8. The molecule has 0 bridgehead atoms. The maximum absolute atomic E-state index is 10.6. The Morgan fingerprint density at radius 3 is 2.61 bits per heavy atom. The van der Waals surface area contributed by atoms with Gasteiger partial charge < -0.3 is 23.5 Å². The number of hydrogen-bond donors (Lipinski definition) is 1. The minimum Gasteiger partial charge on any atom is -0.496 e. The molecule has 0 amide bonds. The predicted molar refractivity (Wildman–Crippen MR) is 125 cm³/mol. The van der Waals surface area contributed by atoms with Crippen molar-refractivity contribution in [2.45, 2.75) is 24.2 Å². The van der Waals surface area contributed by atoms with Crippen molar-refractivity contribution in [3.05, 3.63) is 58.6 Å². The van der Waals surface area contributed by atoms with Gasteiger partial charge in [-0.1, -0.05) is 5.16 Å². The normalized spacial score (nSPS) is 12.4. The van der Waals surface area contributed by atoms with Crippen LogP contribution in [0, 0.1) is 4.91 Å². The Labute approximate surface area is 193 Å². The molecule has 1 N–H and O–H groups in total. The molecule has 1 aliphatic carbocycles. The first-order valence-corrected chi connectivity index (χ1v) is 11.1. The minimum absolute atomic E-state index is 0.221. The van der Waals surface area contributed by atoms with Crippen molar-refractivity contribution >= 4 is 34.4 Å². The average Bonchev–Trinajstić information content (AvgIpc) is 3.48. The second-order valence-corrected chi connectivity index (χ2v) is 8.26. The second-order valence-electron chi connectivity index (χ2n) is 7.41. The fourth-order valence-corrected chi connectivity index (χ4v) is 4.62. The lowest BCUT2D eigenvalue weighted by molar-refractivity contribution is 0.404. The number of ether oxygens (including phenoxy) is 3. The molecule has 5 rings (SSSR count). The Hall–Kier alpha value is -3.79. The molecule has 4 aromatic rings. The lowest BCUT2D eigenvalue weighted by Gasteiger charge is -2.12. The van der Waals surface area contributed by atoms with Crippen LogP contribution in [0.25, 0.3) is 11.0 Å². The Morgan fingerprint density at radius 2 is 1.88 bits per heavy atom. The predicted octanol–water partition coefficient (Wildman–Crippen LogP) is 6.04. The molecule has 10 heteroatoms.